The summed E-state index contributed by atoms with van der Waals surface area (Å²) in [5.41, 5.74) is 2.44. The van der Waals surface area contributed by atoms with Crippen molar-refractivity contribution in [1.29, 1.82) is 0 Å². The molecule has 0 radical (unpaired) electrons. The van der Waals surface area contributed by atoms with Crippen molar-refractivity contribution in [2.24, 2.45) is 0 Å². The Hall–Kier alpha value is -1.26. The lowest BCUT2D eigenvalue weighted by molar-refractivity contribution is -0.001000. The molecule has 0 aliphatic carbocycles. The van der Waals surface area contributed by atoms with Crippen LogP contribution in [0.3, 0.4) is 0 Å². The van der Waals surface area contributed by atoms with Gasteiger partial charge in [-0.3, -0.25) is 0 Å². The third kappa shape index (κ3) is 8.82. The Labute approximate surface area is 151 Å². The summed E-state index contributed by atoms with van der Waals surface area (Å²) in [6, 6.07) is 18.5. The highest BCUT2D eigenvalue weighted by Gasteiger charge is 1.98. The number of hydrogen-bond acceptors (Lipinski definition) is 3. The van der Waals surface area contributed by atoms with E-state index >= 15 is 0 Å². The smallest absolute Gasteiger partial charge is 0.120 e. The van der Waals surface area contributed by atoms with E-state index in [1.54, 1.807) is 0 Å². The third-order valence-corrected chi connectivity index (χ3v) is 3.21. The van der Waals surface area contributed by atoms with Gasteiger partial charge in [-0.15, -0.1) is 0 Å². The predicted molar refractivity (Wildman–Crippen MR) is 87.5 cm³/mol. The summed E-state index contributed by atoms with van der Waals surface area (Å²) in [5.74, 6) is 0.922. The highest BCUT2D eigenvalue weighted by molar-refractivity contribution is 5.29. The first-order valence-electron chi connectivity index (χ1n) is 7.35. The quantitative estimate of drug-likeness (QED) is 0.509. The Morgan fingerprint density at radius 2 is 1.61 bits per heavy atom. The van der Waals surface area contributed by atoms with Crippen LogP contribution in [-0.4, -0.2) is 32.1 Å². The molecule has 0 fully saturated rings. The number of rotatable bonds is 8. The topological polar surface area (TPSA) is 24.5 Å². The van der Waals surface area contributed by atoms with Gasteiger partial charge in [0.1, 0.15) is 12.4 Å². The van der Waals surface area contributed by atoms with Crippen LogP contribution < -0.4 is 34.9 Å². The molecule has 2 aromatic carbocycles. The lowest BCUT2D eigenvalue weighted by Gasteiger charge is -2.11. The fourth-order valence-electron chi connectivity index (χ4n) is 2.02. The van der Waals surface area contributed by atoms with Crippen molar-refractivity contribution >= 4 is 0 Å². The first-order chi connectivity index (χ1) is 10.2. The lowest BCUT2D eigenvalue weighted by Crippen LogP contribution is -3.00. The van der Waals surface area contributed by atoms with Crippen LogP contribution in [0.2, 0.25) is 0 Å². The Kier molecular flexibility index (Phi) is 11.5. The van der Waals surface area contributed by atoms with E-state index in [1.165, 1.54) is 11.1 Å². The van der Waals surface area contributed by atoms with Crippen molar-refractivity contribution in [2.75, 3.05) is 27.2 Å². The molecule has 0 spiro atoms. The number of nitrogens with one attached hydrogen (secondary N) is 1. The van der Waals surface area contributed by atoms with E-state index in [9.17, 15) is 0 Å². The summed E-state index contributed by atoms with van der Waals surface area (Å²) in [7, 11) is 4.17. The van der Waals surface area contributed by atoms with Gasteiger partial charge in [-0.2, -0.15) is 0 Å². The molecule has 1 N–H and O–H groups in total. The van der Waals surface area contributed by atoms with Crippen molar-refractivity contribution in [2.45, 2.75) is 13.2 Å². The molecule has 5 heteroatoms. The average molecular weight is 355 g/mol. The van der Waals surface area contributed by atoms with Gasteiger partial charge in [-0.25, -0.2) is 0 Å². The van der Waals surface area contributed by atoms with E-state index < -0.39 is 0 Å². The number of halogens is 2. The van der Waals surface area contributed by atoms with E-state index in [0.717, 1.165) is 25.4 Å². The summed E-state index contributed by atoms with van der Waals surface area (Å²) in [5, 5.41) is 3.44. The zero-order valence-corrected chi connectivity index (χ0v) is 15.1. The number of ether oxygens (including phenoxy) is 1. The summed E-state index contributed by atoms with van der Waals surface area (Å²) >= 11 is 0. The van der Waals surface area contributed by atoms with Crippen LogP contribution >= 0.6 is 0 Å². The predicted octanol–water partition coefficient (Wildman–Crippen LogP) is -3.08. The molecule has 0 aliphatic heterocycles. The van der Waals surface area contributed by atoms with Crippen LogP contribution in [0, 0.1) is 0 Å². The van der Waals surface area contributed by atoms with Crippen LogP contribution in [0.5, 0.6) is 5.75 Å². The van der Waals surface area contributed by atoms with Crippen LogP contribution in [0.4, 0.5) is 0 Å². The van der Waals surface area contributed by atoms with E-state index in [4.69, 9.17) is 4.74 Å². The fourth-order valence-corrected chi connectivity index (χ4v) is 2.02. The molecule has 0 atom stereocenters. The van der Waals surface area contributed by atoms with Gasteiger partial charge in [-0.05, 0) is 37.4 Å². The molecule has 3 nitrogen and oxygen atoms in total. The Bertz CT molecular complexity index is 536. The van der Waals surface area contributed by atoms with Gasteiger partial charge in [0.2, 0.25) is 0 Å². The third-order valence-electron chi connectivity index (χ3n) is 3.21. The largest absolute Gasteiger partial charge is 1.00 e. The monoisotopic (exact) mass is 354 g/mol. The molecule has 128 valence electrons. The molecule has 2 rings (SSSR count). The summed E-state index contributed by atoms with van der Waals surface area (Å²) in [6.45, 7) is 3.51. The molecule has 23 heavy (non-hydrogen) atoms. The first-order valence-corrected chi connectivity index (χ1v) is 7.35. The average Bonchev–Trinajstić information content (AvgIpc) is 2.51. The minimum atomic E-state index is 0. The van der Waals surface area contributed by atoms with Crippen molar-refractivity contribution in [1.82, 2.24) is 10.2 Å². The van der Waals surface area contributed by atoms with Gasteiger partial charge in [-0.1, -0.05) is 42.5 Å². The van der Waals surface area contributed by atoms with E-state index in [0.29, 0.717) is 6.61 Å². The molecular weight excluding hydrogens is 331 g/mol. The molecule has 0 unspecified atom stereocenters. The normalized spacial score (nSPS) is 9.87. The number of hydrogen-bond donors (Lipinski definition) is 1. The van der Waals surface area contributed by atoms with Crippen LogP contribution in [0.25, 0.3) is 0 Å². The molecule has 0 bridgehead atoms. The second kappa shape index (κ2) is 12.2. The number of benzene rings is 2. The van der Waals surface area contributed by atoms with E-state index in [2.05, 4.69) is 48.6 Å². The summed E-state index contributed by atoms with van der Waals surface area (Å²) < 4.78 is 5.84. The van der Waals surface area contributed by atoms with E-state index in [-0.39, 0.29) is 24.8 Å². The molecule has 0 heterocycles. The first kappa shape index (κ1) is 21.7. The maximum atomic E-state index is 5.84. The maximum absolute atomic E-state index is 5.84. The second-order valence-electron chi connectivity index (χ2n) is 5.40. The molecule has 0 saturated heterocycles. The molecule has 0 aromatic heterocycles. The summed E-state index contributed by atoms with van der Waals surface area (Å²) in [6.07, 6.45) is 0. The van der Waals surface area contributed by atoms with Crippen molar-refractivity contribution < 1.29 is 29.6 Å². The van der Waals surface area contributed by atoms with Gasteiger partial charge in [0, 0.05) is 19.6 Å². The Balaban J connectivity index is 0.00000242. The maximum Gasteiger partial charge on any atom is 0.120 e. The van der Waals surface area contributed by atoms with Gasteiger partial charge < -0.3 is 39.8 Å². The van der Waals surface area contributed by atoms with Crippen molar-refractivity contribution in [3.63, 3.8) is 0 Å². The highest BCUT2D eigenvalue weighted by Crippen LogP contribution is 2.15. The molecule has 0 amide bonds. The van der Waals surface area contributed by atoms with Gasteiger partial charge in [0.15, 0.2) is 0 Å². The second-order valence-corrected chi connectivity index (χ2v) is 5.40. The highest BCUT2D eigenvalue weighted by atomic mass is 35.5. The fraction of sp³-hybridized carbons (Fsp3) is 0.333. The molecule has 0 saturated carbocycles. The zero-order valence-electron chi connectivity index (χ0n) is 13.6. The van der Waals surface area contributed by atoms with Crippen LogP contribution in [0.1, 0.15) is 11.1 Å². The SMILES string of the molecule is CN(C)CCNCc1cccc(OCc2ccccc2)c1.[Cl-].[Cl-]. The standard InChI is InChI=1S/C18H24N2O.2ClH/c1-20(2)12-11-19-14-17-9-6-10-18(13-17)21-15-16-7-4-3-5-8-16;;/h3-10,13,19H,11-12,14-15H2,1-2H3;2*1H/p-2. The summed E-state index contributed by atoms with van der Waals surface area (Å²) in [4.78, 5) is 2.17. The lowest BCUT2D eigenvalue weighted by atomic mass is 10.2. The van der Waals surface area contributed by atoms with E-state index in [1.807, 2.05) is 30.3 Å². The van der Waals surface area contributed by atoms with Gasteiger partial charge >= 0.3 is 0 Å². The minimum absolute atomic E-state index is 0. The zero-order chi connectivity index (χ0) is 14.9. The number of likely N-dealkylation sites (N-methyl/N-ethyl adjacent to an activating group) is 1. The van der Waals surface area contributed by atoms with Crippen molar-refractivity contribution in [3.05, 3.63) is 65.7 Å². The minimum Gasteiger partial charge on any atom is -1.00 e. The molecule has 2 aromatic rings. The van der Waals surface area contributed by atoms with Gasteiger partial charge in [0.05, 0.1) is 0 Å². The van der Waals surface area contributed by atoms with Crippen LogP contribution in [0.15, 0.2) is 54.6 Å². The number of nitrogens with zero attached hydrogens (tertiary/aromatic N) is 1. The van der Waals surface area contributed by atoms with Crippen LogP contribution in [-0.2, 0) is 13.2 Å². The van der Waals surface area contributed by atoms with Crippen molar-refractivity contribution in [3.8, 4) is 5.75 Å². The Morgan fingerprint density at radius 3 is 2.30 bits per heavy atom. The molecular formula is C18H24Cl2N2O-2. The Morgan fingerprint density at radius 1 is 0.913 bits per heavy atom. The van der Waals surface area contributed by atoms with Gasteiger partial charge in [0.25, 0.3) is 0 Å². The molecule has 0 aliphatic rings.